The van der Waals surface area contributed by atoms with Crippen LogP contribution < -0.4 is 11.1 Å². The van der Waals surface area contributed by atoms with Crippen molar-refractivity contribution in [1.29, 1.82) is 0 Å². The van der Waals surface area contributed by atoms with Crippen LogP contribution in [0.3, 0.4) is 0 Å². The molecule has 2 unspecified atom stereocenters. The van der Waals surface area contributed by atoms with Gasteiger partial charge < -0.3 is 11.1 Å². The lowest BCUT2D eigenvalue weighted by Crippen LogP contribution is -2.43. The van der Waals surface area contributed by atoms with Gasteiger partial charge >= 0.3 is 0 Å². The Morgan fingerprint density at radius 1 is 1.26 bits per heavy atom. The van der Waals surface area contributed by atoms with Gasteiger partial charge in [0, 0.05) is 18.0 Å². The van der Waals surface area contributed by atoms with E-state index in [1.54, 1.807) is 5.38 Å². The molecule has 3 rings (SSSR count). The van der Waals surface area contributed by atoms with Crippen molar-refractivity contribution in [2.24, 2.45) is 11.7 Å². The zero-order valence-corrected chi connectivity index (χ0v) is 14.0. The smallest absolute Gasteiger partial charge is 0.270 e. The maximum atomic E-state index is 12.4. The highest BCUT2D eigenvalue weighted by molar-refractivity contribution is 7.09. The molecular formula is C18H23N3OS. The number of nitrogens with two attached hydrogens (primary N) is 1. The molecule has 1 aromatic heterocycles. The molecule has 0 saturated heterocycles. The number of thiazole rings is 1. The van der Waals surface area contributed by atoms with Crippen molar-refractivity contribution in [3.63, 3.8) is 0 Å². The third-order valence-corrected chi connectivity index (χ3v) is 5.40. The summed E-state index contributed by atoms with van der Waals surface area (Å²) in [5, 5.41) is 5.81. The van der Waals surface area contributed by atoms with Gasteiger partial charge in [0.05, 0.1) is 0 Å². The van der Waals surface area contributed by atoms with Crippen LogP contribution in [-0.4, -0.2) is 16.9 Å². The lowest BCUT2D eigenvalue weighted by atomic mass is 9.80. The number of carbonyl (C=O) groups is 1. The molecule has 0 bridgehead atoms. The fraction of sp³-hybridized carbons (Fsp3) is 0.444. The van der Waals surface area contributed by atoms with Crippen molar-refractivity contribution >= 4 is 17.2 Å². The first-order valence-corrected chi connectivity index (χ1v) is 9.13. The molecule has 1 aliphatic carbocycles. The molecule has 3 N–H and O–H groups in total. The summed E-state index contributed by atoms with van der Waals surface area (Å²) in [6.45, 7) is 0.387. The summed E-state index contributed by atoms with van der Waals surface area (Å²) >= 11 is 1.45. The quantitative estimate of drug-likeness (QED) is 0.885. The first-order valence-electron chi connectivity index (χ1n) is 8.25. The minimum absolute atomic E-state index is 0.0640. The third-order valence-electron chi connectivity index (χ3n) is 4.53. The van der Waals surface area contributed by atoms with Crippen LogP contribution >= 0.6 is 11.3 Å². The maximum Gasteiger partial charge on any atom is 0.270 e. The van der Waals surface area contributed by atoms with E-state index < -0.39 is 0 Å². The number of nitrogens with zero attached hydrogens (tertiary/aromatic N) is 1. The van der Waals surface area contributed by atoms with Crippen LogP contribution in [0.25, 0.3) is 0 Å². The molecule has 4 nitrogen and oxygen atoms in total. The number of amides is 1. The van der Waals surface area contributed by atoms with Crippen LogP contribution in [0.5, 0.6) is 0 Å². The molecular weight excluding hydrogens is 306 g/mol. The van der Waals surface area contributed by atoms with Crippen LogP contribution in [0, 0.1) is 5.92 Å². The van der Waals surface area contributed by atoms with Crippen LogP contribution in [0.15, 0.2) is 35.7 Å². The topological polar surface area (TPSA) is 68.0 Å². The SMILES string of the molecule is NCc1nc(C(=O)NC2CCCCC2Cc2ccccc2)cs1. The van der Waals surface area contributed by atoms with Gasteiger partial charge in [-0.15, -0.1) is 11.3 Å². The van der Waals surface area contributed by atoms with Gasteiger partial charge in [-0.05, 0) is 30.7 Å². The molecule has 122 valence electrons. The van der Waals surface area contributed by atoms with Crippen molar-refractivity contribution in [1.82, 2.24) is 10.3 Å². The van der Waals surface area contributed by atoms with Crippen LogP contribution in [0.2, 0.25) is 0 Å². The van der Waals surface area contributed by atoms with Crippen molar-refractivity contribution in [3.8, 4) is 0 Å². The first-order chi connectivity index (χ1) is 11.3. The standard InChI is InChI=1S/C18H23N3OS/c19-11-17-20-16(12-23-17)18(22)21-15-9-5-4-8-14(15)10-13-6-2-1-3-7-13/h1-3,6-7,12,14-15H,4-5,8-11,19H2,(H,21,22). The Morgan fingerprint density at radius 2 is 2.04 bits per heavy atom. The fourth-order valence-corrected chi connectivity index (χ4v) is 3.96. The van der Waals surface area contributed by atoms with Gasteiger partial charge in [-0.25, -0.2) is 4.98 Å². The molecule has 2 atom stereocenters. The Hall–Kier alpha value is -1.72. The van der Waals surface area contributed by atoms with Gasteiger partial charge in [-0.2, -0.15) is 0 Å². The van der Waals surface area contributed by atoms with Gasteiger partial charge in [0.15, 0.2) is 0 Å². The number of hydrogen-bond donors (Lipinski definition) is 2. The van der Waals surface area contributed by atoms with Crippen molar-refractivity contribution < 1.29 is 4.79 Å². The van der Waals surface area contributed by atoms with E-state index in [1.807, 2.05) is 6.07 Å². The second kappa shape index (κ2) is 7.70. The molecule has 1 aromatic carbocycles. The van der Waals surface area contributed by atoms with E-state index in [0.717, 1.165) is 17.8 Å². The second-order valence-corrected chi connectivity index (χ2v) is 7.09. The van der Waals surface area contributed by atoms with Gasteiger partial charge in [-0.1, -0.05) is 43.2 Å². The van der Waals surface area contributed by atoms with E-state index in [0.29, 0.717) is 18.2 Å². The zero-order chi connectivity index (χ0) is 16.1. The molecule has 0 spiro atoms. The summed E-state index contributed by atoms with van der Waals surface area (Å²) in [6, 6.07) is 10.8. The lowest BCUT2D eigenvalue weighted by molar-refractivity contribution is 0.0901. The van der Waals surface area contributed by atoms with Gasteiger partial charge in [0.2, 0.25) is 0 Å². The molecule has 1 aliphatic rings. The Bertz CT molecular complexity index is 641. The maximum absolute atomic E-state index is 12.4. The van der Waals surface area contributed by atoms with Crippen molar-refractivity contribution in [2.75, 3.05) is 0 Å². The van der Waals surface area contributed by atoms with E-state index in [4.69, 9.17) is 5.73 Å². The molecule has 1 fully saturated rings. The Balaban J connectivity index is 1.65. The van der Waals surface area contributed by atoms with Crippen LogP contribution in [0.4, 0.5) is 0 Å². The number of hydrogen-bond acceptors (Lipinski definition) is 4. The highest BCUT2D eigenvalue weighted by atomic mass is 32.1. The number of aromatic nitrogens is 1. The monoisotopic (exact) mass is 329 g/mol. The molecule has 1 heterocycles. The summed E-state index contributed by atoms with van der Waals surface area (Å²) in [6.07, 6.45) is 5.68. The number of carbonyl (C=O) groups excluding carboxylic acids is 1. The third kappa shape index (κ3) is 4.18. The predicted molar refractivity (Wildman–Crippen MR) is 93.4 cm³/mol. The van der Waals surface area contributed by atoms with E-state index in [9.17, 15) is 4.79 Å². The molecule has 1 amide bonds. The molecule has 2 aromatic rings. The minimum Gasteiger partial charge on any atom is -0.348 e. The summed E-state index contributed by atoms with van der Waals surface area (Å²) in [4.78, 5) is 16.7. The molecule has 0 radical (unpaired) electrons. The van der Waals surface area contributed by atoms with Crippen LogP contribution in [-0.2, 0) is 13.0 Å². The average molecular weight is 329 g/mol. The Labute approximate surface area is 141 Å². The zero-order valence-electron chi connectivity index (χ0n) is 13.2. The van der Waals surface area contributed by atoms with Crippen LogP contribution in [0.1, 0.15) is 46.7 Å². The largest absolute Gasteiger partial charge is 0.348 e. The predicted octanol–water partition coefficient (Wildman–Crippen LogP) is 3.13. The molecule has 5 heteroatoms. The average Bonchev–Trinajstić information content (AvgIpc) is 3.07. The van der Waals surface area contributed by atoms with E-state index in [2.05, 4.69) is 34.6 Å². The summed E-state index contributed by atoms with van der Waals surface area (Å²) in [5.41, 5.74) is 7.42. The van der Waals surface area contributed by atoms with Crippen molar-refractivity contribution in [2.45, 2.75) is 44.7 Å². The highest BCUT2D eigenvalue weighted by Gasteiger charge is 2.27. The Kier molecular flexibility index (Phi) is 5.41. The lowest BCUT2D eigenvalue weighted by Gasteiger charge is -2.32. The minimum atomic E-state index is -0.0640. The van der Waals surface area contributed by atoms with Gasteiger partial charge in [0.1, 0.15) is 10.7 Å². The Morgan fingerprint density at radius 3 is 2.78 bits per heavy atom. The van der Waals surface area contributed by atoms with Gasteiger partial charge in [0.25, 0.3) is 5.91 Å². The van der Waals surface area contributed by atoms with E-state index in [-0.39, 0.29) is 11.9 Å². The first kappa shape index (κ1) is 16.1. The normalized spacial score (nSPS) is 21.1. The molecule has 0 aliphatic heterocycles. The summed E-state index contributed by atoms with van der Waals surface area (Å²) in [7, 11) is 0. The summed E-state index contributed by atoms with van der Waals surface area (Å²) in [5.74, 6) is 0.439. The highest BCUT2D eigenvalue weighted by Crippen LogP contribution is 2.28. The molecule has 1 saturated carbocycles. The second-order valence-electron chi connectivity index (χ2n) is 6.14. The molecule has 23 heavy (non-hydrogen) atoms. The van der Waals surface area contributed by atoms with Crippen molar-refractivity contribution in [3.05, 3.63) is 52.0 Å². The number of benzene rings is 1. The van der Waals surface area contributed by atoms with Gasteiger partial charge in [-0.3, -0.25) is 4.79 Å². The number of rotatable bonds is 5. The number of nitrogens with one attached hydrogen (secondary N) is 1. The van der Waals surface area contributed by atoms with E-state index in [1.165, 1.54) is 36.2 Å². The van der Waals surface area contributed by atoms with E-state index >= 15 is 0 Å². The fourth-order valence-electron chi connectivity index (χ4n) is 3.31. The summed E-state index contributed by atoms with van der Waals surface area (Å²) < 4.78 is 0.